The van der Waals surface area contributed by atoms with Crippen LogP contribution in [0.2, 0.25) is 0 Å². The van der Waals surface area contributed by atoms with Gasteiger partial charge in [-0.25, -0.2) is 0 Å². The Labute approximate surface area is 208 Å². The van der Waals surface area contributed by atoms with Crippen LogP contribution in [0.5, 0.6) is 0 Å². The van der Waals surface area contributed by atoms with Crippen molar-refractivity contribution in [2.45, 2.75) is 18.7 Å². The number of anilines is 1. The first-order valence-electron chi connectivity index (χ1n) is 9.49. The molecule has 3 aromatic carbocycles. The Morgan fingerprint density at radius 2 is 1.56 bits per heavy atom. The van der Waals surface area contributed by atoms with Crippen molar-refractivity contribution in [3.63, 3.8) is 0 Å². The average molecular weight is 457 g/mol. The van der Waals surface area contributed by atoms with E-state index < -0.39 is 10.1 Å². The number of pyridine rings is 1. The van der Waals surface area contributed by atoms with Crippen molar-refractivity contribution in [1.82, 2.24) is 4.98 Å². The fourth-order valence-corrected chi connectivity index (χ4v) is 4.29. The number of azo groups is 1. The summed E-state index contributed by atoms with van der Waals surface area (Å²) in [4.78, 5) is 4.22. The van der Waals surface area contributed by atoms with Crippen LogP contribution >= 0.6 is 0 Å². The van der Waals surface area contributed by atoms with Gasteiger partial charge in [-0.1, -0.05) is 42.5 Å². The SMILES string of the molecule is Cc1cccc(C)c1-c1ccc(/N=N/c2cc(S(=O)(=O)O)c3ccccc3c2N)cn1.[NaH]. The molecule has 0 aliphatic heterocycles. The van der Waals surface area contributed by atoms with Crippen LogP contribution < -0.4 is 5.73 Å². The van der Waals surface area contributed by atoms with Crippen LogP contribution in [0.3, 0.4) is 0 Å². The first-order valence-corrected chi connectivity index (χ1v) is 10.9. The molecule has 32 heavy (non-hydrogen) atoms. The molecule has 7 nitrogen and oxygen atoms in total. The molecule has 0 saturated heterocycles. The summed E-state index contributed by atoms with van der Waals surface area (Å²) in [6.07, 6.45) is 1.59. The van der Waals surface area contributed by atoms with Gasteiger partial charge in [0.1, 0.15) is 16.3 Å². The maximum absolute atomic E-state index is 11.8. The second kappa shape index (κ2) is 9.48. The summed E-state index contributed by atoms with van der Waals surface area (Å²) in [6, 6.07) is 17.6. The van der Waals surface area contributed by atoms with Crippen LogP contribution in [0.1, 0.15) is 11.1 Å². The zero-order valence-corrected chi connectivity index (χ0v) is 17.8. The van der Waals surface area contributed by atoms with Crippen LogP contribution in [-0.4, -0.2) is 47.5 Å². The van der Waals surface area contributed by atoms with Crippen LogP contribution in [0, 0.1) is 13.8 Å². The fourth-order valence-electron chi connectivity index (χ4n) is 3.57. The van der Waals surface area contributed by atoms with E-state index in [9.17, 15) is 13.0 Å². The summed E-state index contributed by atoms with van der Waals surface area (Å²) < 4.78 is 33.3. The molecule has 0 bridgehead atoms. The molecule has 0 fully saturated rings. The van der Waals surface area contributed by atoms with Gasteiger partial charge in [0.05, 0.1) is 17.6 Å². The minimum atomic E-state index is -4.47. The van der Waals surface area contributed by atoms with Gasteiger partial charge in [0.2, 0.25) is 0 Å². The molecule has 0 saturated carbocycles. The molecular weight excluding hydrogens is 435 g/mol. The van der Waals surface area contributed by atoms with Gasteiger partial charge < -0.3 is 5.73 Å². The van der Waals surface area contributed by atoms with Crippen molar-refractivity contribution >= 4 is 67.5 Å². The van der Waals surface area contributed by atoms with Crippen molar-refractivity contribution in [1.29, 1.82) is 0 Å². The third kappa shape index (κ3) is 4.74. The van der Waals surface area contributed by atoms with Crippen molar-refractivity contribution in [3.8, 4) is 11.3 Å². The molecule has 0 radical (unpaired) electrons. The van der Waals surface area contributed by atoms with Crippen molar-refractivity contribution in [2.75, 3.05) is 5.73 Å². The molecule has 4 aromatic rings. The molecule has 0 amide bonds. The van der Waals surface area contributed by atoms with E-state index in [1.54, 1.807) is 36.5 Å². The van der Waals surface area contributed by atoms with Gasteiger partial charge in [0.15, 0.2) is 0 Å². The summed E-state index contributed by atoms with van der Waals surface area (Å²) in [5.41, 5.74) is 11.2. The summed E-state index contributed by atoms with van der Waals surface area (Å²) >= 11 is 0. The van der Waals surface area contributed by atoms with E-state index in [-0.39, 0.29) is 45.8 Å². The first kappa shape index (κ1) is 24.0. The van der Waals surface area contributed by atoms with Crippen molar-refractivity contribution in [2.24, 2.45) is 10.2 Å². The van der Waals surface area contributed by atoms with Crippen LogP contribution in [0.25, 0.3) is 22.0 Å². The Hall–Kier alpha value is -2.62. The van der Waals surface area contributed by atoms with Gasteiger partial charge in [-0.05, 0) is 43.2 Å². The number of benzene rings is 3. The molecule has 1 heterocycles. The minimum absolute atomic E-state index is 0. The van der Waals surface area contributed by atoms with Gasteiger partial charge in [-0.2, -0.15) is 8.42 Å². The average Bonchev–Trinajstić information content (AvgIpc) is 2.73. The summed E-state index contributed by atoms with van der Waals surface area (Å²) in [6.45, 7) is 4.07. The number of rotatable bonds is 4. The Kier molecular flexibility index (Phi) is 7.12. The molecular formula is C23H21N4NaO3S. The van der Waals surface area contributed by atoms with Gasteiger partial charge >= 0.3 is 29.6 Å². The number of fused-ring (bicyclic) bond motifs is 1. The predicted octanol–water partition coefficient (Wildman–Crippen LogP) is 5.11. The molecule has 4 rings (SSSR count). The van der Waals surface area contributed by atoms with Crippen LogP contribution in [0.4, 0.5) is 17.1 Å². The number of hydrogen-bond donors (Lipinski definition) is 2. The first-order chi connectivity index (χ1) is 14.8. The summed E-state index contributed by atoms with van der Waals surface area (Å²) in [7, 11) is -4.47. The molecule has 0 unspecified atom stereocenters. The Balaban J connectivity index is 0.00000289. The van der Waals surface area contributed by atoms with E-state index in [0.29, 0.717) is 16.5 Å². The normalized spacial score (nSPS) is 11.6. The molecule has 1 aromatic heterocycles. The van der Waals surface area contributed by atoms with Crippen LogP contribution in [0.15, 0.2) is 82.0 Å². The number of nitrogens with zero attached hydrogens (tertiary/aromatic N) is 3. The number of nitrogens with two attached hydrogens (primary N) is 1. The van der Waals surface area contributed by atoms with E-state index in [2.05, 4.69) is 15.2 Å². The number of aromatic nitrogens is 1. The third-order valence-electron chi connectivity index (χ3n) is 5.06. The zero-order valence-electron chi connectivity index (χ0n) is 16.9. The molecule has 0 aliphatic carbocycles. The molecule has 3 N–H and O–H groups in total. The Morgan fingerprint density at radius 1 is 0.906 bits per heavy atom. The third-order valence-corrected chi connectivity index (χ3v) is 5.96. The number of aryl methyl sites for hydroxylation is 2. The standard InChI is InChI=1S/C23H20N4O3S.Na.H/c1-14-6-5-7-15(2)22(14)19-11-10-16(13-25-19)26-27-20-12-21(31(28,29)30)17-8-3-4-9-18(17)23(20)24;;/h3-13H,24H2,1-2H3,(H,28,29,30);;/b27-26+;;. The van der Waals surface area contributed by atoms with Gasteiger partial charge in [0, 0.05) is 16.3 Å². The van der Waals surface area contributed by atoms with E-state index in [1.165, 1.54) is 6.07 Å². The molecule has 0 aliphatic rings. The van der Waals surface area contributed by atoms with E-state index in [1.807, 2.05) is 38.1 Å². The second-order valence-corrected chi connectivity index (χ2v) is 8.59. The molecule has 9 heteroatoms. The maximum atomic E-state index is 11.8. The number of hydrogen-bond acceptors (Lipinski definition) is 6. The van der Waals surface area contributed by atoms with Gasteiger partial charge in [-0.15, -0.1) is 10.2 Å². The molecule has 0 spiro atoms. The van der Waals surface area contributed by atoms with Crippen molar-refractivity contribution < 1.29 is 13.0 Å². The van der Waals surface area contributed by atoms with E-state index in [4.69, 9.17) is 5.73 Å². The Morgan fingerprint density at radius 3 is 2.16 bits per heavy atom. The second-order valence-electron chi connectivity index (χ2n) is 7.20. The van der Waals surface area contributed by atoms with E-state index in [0.717, 1.165) is 22.4 Å². The molecule has 0 atom stereocenters. The van der Waals surface area contributed by atoms with Crippen LogP contribution in [-0.2, 0) is 10.1 Å². The quantitative estimate of drug-likeness (QED) is 0.191. The van der Waals surface area contributed by atoms with Crippen molar-refractivity contribution in [3.05, 3.63) is 78.0 Å². The topological polar surface area (TPSA) is 118 Å². The summed E-state index contributed by atoms with van der Waals surface area (Å²) in [5, 5.41) is 9.06. The summed E-state index contributed by atoms with van der Waals surface area (Å²) in [5.74, 6) is 0. The zero-order chi connectivity index (χ0) is 22.2. The monoisotopic (exact) mass is 456 g/mol. The Bertz CT molecular complexity index is 1420. The predicted molar refractivity (Wildman–Crippen MR) is 129 cm³/mol. The van der Waals surface area contributed by atoms with Gasteiger partial charge in [0.25, 0.3) is 10.1 Å². The van der Waals surface area contributed by atoms with Gasteiger partial charge in [-0.3, -0.25) is 9.54 Å². The number of nitrogen functional groups attached to an aromatic ring is 1. The molecule has 158 valence electrons. The fraction of sp³-hybridized carbons (Fsp3) is 0.0870. The van der Waals surface area contributed by atoms with E-state index >= 15 is 0 Å².